The van der Waals surface area contributed by atoms with E-state index >= 15 is 0 Å². The lowest BCUT2D eigenvalue weighted by Gasteiger charge is -2.25. The van der Waals surface area contributed by atoms with Gasteiger partial charge in [-0.25, -0.2) is 0 Å². The minimum Gasteiger partial charge on any atom is -0.495 e. The minimum atomic E-state index is -0.962. The van der Waals surface area contributed by atoms with Gasteiger partial charge >= 0.3 is 0 Å². The number of thioether (sulfide) groups is 1. The first kappa shape index (κ1) is 22.0. The molecule has 0 saturated carbocycles. The normalized spacial score (nSPS) is 14.0. The predicted octanol–water partition coefficient (Wildman–Crippen LogP) is 4.95. The number of rotatable bonds is 7. The lowest BCUT2D eigenvalue weighted by atomic mass is 10.1. The third kappa shape index (κ3) is 3.60. The Morgan fingerprint density at radius 3 is 2.35 bits per heavy atom. The third-order valence-electron chi connectivity index (χ3n) is 5.99. The van der Waals surface area contributed by atoms with Crippen LogP contribution in [0.1, 0.15) is 27.1 Å². The monoisotopic (exact) mass is 474 g/mol. The van der Waals surface area contributed by atoms with Gasteiger partial charge in [-0.05, 0) is 42.7 Å². The average molecular weight is 475 g/mol. The summed E-state index contributed by atoms with van der Waals surface area (Å²) in [5.74, 6) is -0.315. The molecule has 0 radical (unpaired) electrons. The van der Waals surface area contributed by atoms with Gasteiger partial charge in [0.05, 0.1) is 23.9 Å². The van der Waals surface area contributed by atoms with Crippen LogP contribution in [0.15, 0.2) is 65.1 Å². The highest BCUT2D eigenvalue weighted by atomic mass is 32.2. The molecule has 1 aliphatic heterocycles. The summed E-state index contributed by atoms with van der Waals surface area (Å²) in [5.41, 5.74) is 2.36. The van der Waals surface area contributed by atoms with E-state index in [2.05, 4.69) is 5.32 Å². The Morgan fingerprint density at radius 2 is 1.68 bits per heavy atom. The molecule has 0 fully saturated rings. The van der Waals surface area contributed by atoms with Crippen molar-refractivity contribution in [1.82, 2.24) is 4.90 Å². The summed E-state index contributed by atoms with van der Waals surface area (Å²) in [6, 6.07) is 16.8. The number of amides is 3. The SMILES string of the molecule is COc1cc2c(cc1NC(=O)[C@@H](CCSC)N1C(=O)c3ccccc3C1=O)oc1ccccc12. The molecule has 172 valence electrons. The number of nitrogens with one attached hydrogen (secondary N) is 1. The van der Waals surface area contributed by atoms with Crippen LogP contribution in [0.3, 0.4) is 0 Å². The van der Waals surface area contributed by atoms with Crippen LogP contribution in [0.25, 0.3) is 21.9 Å². The van der Waals surface area contributed by atoms with Crippen molar-refractivity contribution >= 4 is 57.1 Å². The van der Waals surface area contributed by atoms with E-state index in [0.29, 0.717) is 40.3 Å². The number of hydrogen-bond acceptors (Lipinski definition) is 6. The summed E-state index contributed by atoms with van der Waals surface area (Å²) in [4.78, 5) is 40.6. The molecule has 0 aliphatic carbocycles. The molecule has 0 spiro atoms. The number of imide groups is 1. The summed E-state index contributed by atoms with van der Waals surface area (Å²) in [6.07, 6.45) is 2.24. The van der Waals surface area contributed by atoms with E-state index in [9.17, 15) is 14.4 Å². The van der Waals surface area contributed by atoms with Crippen molar-refractivity contribution in [2.45, 2.75) is 12.5 Å². The molecule has 0 bridgehead atoms. The molecule has 3 amide bonds. The summed E-state index contributed by atoms with van der Waals surface area (Å²) in [5, 5.41) is 4.68. The number of fused-ring (bicyclic) bond motifs is 4. The number of carbonyl (C=O) groups is 3. The van der Waals surface area contributed by atoms with Crippen LogP contribution in [0.4, 0.5) is 5.69 Å². The Hall–Kier alpha value is -3.78. The van der Waals surface area contributed by atoms with Crippen molar-refractivity contribution in [3.63, 3.8) is 0 Å². The first-order valence-electron chi connectivity index (χ1n) is 10.8. The van der Waals surface area contributed by atoms with Gasteiger partial charge in [0.25, 0.3) is 11.8 Å². The molecule has 5 rings (SSSR count). The maximum atomic E-state index is 13.5. The maximum absolute atomic E-state index is 13.5. The lowest BCUT2D eigenvalue weighted by Crippen LogP contribution is -2.47. The van der Waals surface area contributed by atoms with E-state index < -0.39 is 23.8 Å². The molecule has 1 aliphatic rings. The second kappa shape index (κ2) is 8.87. The Bertz CT molecular complexity index is 1410. The molecule has 1 N–H and O–H groups in total. The van der Waals surface area contributed by atoms with Crippen molar-refractivity contribution in [2.24, 2.45) is 0 Å². The van der Waals surface area contributed by atoms with Gasteiger partial charge in [0.2, 0.25) is 5.91 Å². The number of furan rings is 1. The summed E-state index contributed by atoms with van der Waals surface area (Å²) >= 11 is 1.54. The van der Waals surface area contributed by atoms with Crippen LogP contribution < -0.4 is 10.1 Å². The molecule has 0 saturated heterocycles. The molecule has 1 aromatic heterocycles. The summed E-state index contributed by atoms with van der Waals surface area (Å²) in [6.45, 7) is 0. The van der Waals surface area contributed by atoms with Gasteiger partial charge in [0.1, 0.15) is 23.0 Å². The Morgan fingerprint density at radius 1 is 1.00 bits per heavy atom. The molecule has 34 heavy (non-hydrogen) atoms. The molecule has 4 aromatic rings. The first-order valence-corrected chi connectivity index (χ1v) is 12.2. The second-order valence-corrected chi connectivity index (χ2v) is 8.94. The van der Waals surface area contributed by atoms with E-state index in [4.69, 9.17) is 9.15 Å². The largest absolute Gasteiger partial charge is 0.495 e. The molecule has 1 atom stereocenters. The van der Waals surface area contributed by atoms with Crippen LogP contribution in [-0.4, -0.2) is 47.8 Å². The molecule has 3 aromatic carbocycles. The van der Waals surface area contributed by atoms with Crippen molar-refractivity contribution in [1.29, 1.82) is 0 Å². The van der Waals surface area contributed by atoms with Crippen molar-refractivity contribution in [3.8, 4) is 5.75 Å². The molecule has 8 heteroatoms. The highest BCUT2D eigenvalue weighted by Crippen LogP contribution is 2.37. The molecule has 2 heterocycles. The van der Waals surface area contributed by atoms with Gasteiger partial charge in [-0.1, -0.05) is 30.3 Å². The smallest absolute Gasteiger partial charge is 0.262 e. The topological polar surface area (TPSA) is 88.9 Å². The zero-order chi connectivity index (χ0) is 23.8. The molecule has 0 unspecified atom stereocenters. The third-order valence-corrected chi connectivity index (χ3v) is 6.64. The quantitative estimate of drug-likeness (QED) is 0.381. The summed E-state index contributed by atoms with van der Waals surface area (Å²) < 4.78 is 11.5. The zero-order valence-electron chi connectivity index (χ0n) is 18.7. The van der Waals surface area contributed by atoms with Crippen LogP contribution in [0, 0.1) is 0 Å². The maximum Gasteiger partial charge on any atom is 0.262 e. The Kier molecular flexibility index (Phi) is 5.75. The highest BCUT2D eigenvalue weighted by Gasteiger charge is 2.42. The Balaban J connectivity index is 1.50. The zero-order valence-corrected chi connectivity index (χ0v) is 19.5. The van der Waals surface area contributed by atoms with E-state index in [-0.39, 0.29) is 0 Å². The number of anilines is 1. The number of benzene rings is 3. The van der Waals surface area contributed by atoms with E-state index in [1.54, 1.807) is 42.1 Å². The molecule has 7 nitrogen and oxygen atoms in total. The predicted molar refractivity (Wildman–Crippen MR) is 133 cm³/mol. The van der Waals surface area contributed by atoms with Gasteiger partial charge in [-0.3, -0.25) is 19.3 Å². The van der Waals surface area contributed by atoms with Crippen LogP contribution in [-0.2, 0) is 4.79 Å². The second-order valence-electron chi connectivity index (χ2n) is 7.96. The number of nitrogens with zero attached hydrogens (tertiary/aromatic N) is 1. The number of ether oxygens (including phenoxy) is 1. The minimum absolute atomic E-state index is 0.315. The van der Waals surface area contributed by atoms with Crippen LogP contribution >= 0.6 is 11.8 Å². The van der Waals surface area contributed by atoms with E-state index in [1.165, 1.54) is 7.11 Å². The van der Waals surface area contributed by atoms with Gasteiger partial charge in [-0.2, -0.15) is 11.8 Å². The standard InChI is InChI=1S/C26H22N2O5S/c1-32-23-13-18-15-7-5-6-10-21(15)33-22(18)14-19(23)27-24(29)20(11-12-34-2)28-25(30)16-8-3-4-9-17(16)26(28)31/h3-10,13-14,20H,11-12H2,1-2H3,(H,27,29)/t20-/m1/s1. The van der Waals surface area contributed by atoms with E-state index in [0.717, 1.165) is 21.3 Å². The first-order chi connectivity index (χ1) is 16.5. The fourth-order valence-electron chi connectivity index (χ4n) is 4.33. The van der Waals surface area contributed by atoms with Crippen LogP contribution in [0.2, 0.25) is 0 Å². The summed E-state index contributed by atoms with van der Waals surface area (Å²) in [7, 11) is 1.52. The highest BCUT2D eigenvalue weighted by molar-refractivity contribution is 7.98. The van der Waals surface area contributed by atoms with E-state index in [1.807, 2.05) is 36.6 Å². The van der Waals surface area contributed by atoms with Crippen molar-refractivity contribution < 1.29 is 23.5 Å². The molecular formula is C26H22N2O5S. The van der Waals surface area contributed by atoms with Crippen LogP contribution in [0.5, 0.6) is 5.75 Å². The average Bonchev–Trinajstić information content (AvgIpc) is 3.33. The Labute approximate surface area is 200 Å². The number of hydrogen-bond donors (Lipinski definition) is 1. The molecular weight excluding hydrogens is 452 g/mol. The van der Waals surface area contributed by atoms with Gasteiger partial charge in [0.15, 0.2) is 0 Å². The lowest BCUT2D eigenvalue weighted by molar-refractivity contribution is -0.120. The fraction of sp³-hybridized carbons (Fsp3) is 0.192. The number of carbonyl (C=O) groups excluding carboxylic acids is 3. The van der Waals surface area contributed by atoms with Gasteiger partial charge in [-0.15, -0.1) is 0 Å². The fourth-order valence-corrected chi connectivity index (χ4v) is 4.79. The van der Waals surface area contributed by atoms with Crippen molar-refractivity contribution in [3.05, 3.63) is 71.8 Å². The number of para-hydroxylation sites is 1. The number of methoxy groups -OCH3 is 1. The van der Waals surface area contributed by atoms with Crippen molar-refractivity contribution in [2.75, 3.05) is 24.4 Å². The van der Waals surface area contributed by atoms with Gasteiger partial charge < -0.3 is 14.5 Å². The van der Waals surface area contributed by atoms with Gasteiger partial charge in [0, 0.05) is 16.8 Å².